The van der Waals surface area contributed by atoms with E-state index in [1.807, 2.05) is 0 Å². The number of aryl methyl sites for hydroxylation is 1. The molecule has 3 rings (SSSR count). The number of benzene rings is 2. The van der Waals surface area contributed by atoms with Gasteiger partial charge in [0.2, 0.25) is 0 Å². The molecule has 0 spiro atoms. The molecule has 0 saturated heterocycles. The first-order chi connectivity index (χ1) is 13.7. The Labute approximate surface area is 180 Å². The van der Waals surface area contributed by atoms with Crippen molar-refractivity contribution in [2.45, 2.75) is 13.5 Å². The number of rotatable bonds is 4. The second-order valence-electron chi connectivity index (χ2n) is 5.93. The SMILES string of the molecule is Cc1nc2cc(Cl)c(Cl)cc2n1CC(=O)NNC(=S)Nc1ccc([N+](=O)[O-])cc1. The van der Waals surface area contributed by atoms with E-state index in [-0.39, 0.29) is 23.3 Å². The maximum absolute atomic E-state index is 12.3. The van der Waals surface area contributed by atoms with Crippen molar-refractivity contribution in [2.24, 2.45) is 0 Å². The van der Waals surface area contributed by atoms with Gasteiger partial charge in [-0.2, -0.15) is 0 Å². The normalized spacial score (nSPS) is 10.6. The van der Waals surface area contributed by atoms with Crippen LogP contribution in [-0.2, 0) is 11.3 Å². The lowest BCUT2D eigenvalue weighted by atomic mass is 10.3. The predicted octanol–water partition coefficient (Wildman–Crippen LogP) is 3.58. The van der Waals surface area contributed by atoms with Gasteiger partial charge in [0.05, 0.1) is 26.0 Å². The highest BCUT2D eigenvalue weighted by molar-refractivity contribution is 7.80. The number of hydrogen-bond acceptors (Lipinski definition) is 5. The van der Waals surface area contributed by atoms with Crippen LogP contribution in [0.5, 0.6) is 0 Å². The zero-order valence-electron chi connectivity index (χ0n) is 14.9. The highest BCUT2D eigenvalue weighted by Crippen LogP contribution is 2.28. The number of nitro benzene ring substituents is 1. The number of non-ortho nitro benzene ring substituents is 1. The minimum atomic E-state index is -0.497. The lowest BCUT2D eigenvalue weighted by molar-refractivity contribution is -0.384. The van der Waals surface area contributed by atoms with Crippen molar-refractivity contribution in [3.8, 4) is 0 Å². The van der Waals surface area contributed by atoms with E-state index >= 15 is 0 Å². The van der Waals surface area contributed by atoms with Crippen LogP contribution in [0.4, 0.5) is 11.4 Å². The van der Waals surface area contributed by atoms with Crippen molar-refractivity contribution >= 4 is 68.8 Å². The molecule has 2 aromatic carbocycles. The average molecular weight is 453 g/mol. The summed E-state index contributed by atoms with van der Waals surface area (Å²) in [5, 5.41) is 14.3. The standard InChI is InChI=1S/C17H14Cl2N6O3S/c1-9-20-14-6-12(18)13(19)7-15(14)24(9)8-16(26)22-23-17(29)21-10-2-4-11(5-3-10)25(27)28/h2-7H,8H2,1H3,(H,22,26)(H2,21,23,29). The first-order valence-corrected chi connectivity index (χ1v) is 9.33. The van der Waals surface area contributed by atoms with Crippen molar-refractivity contribution in [2.75, 3.05) is 5.32 Å². The van der Waals surface area contributed by atoms with Gasteiger partial charge in [0.25, 0.3) is 11.6 Å². The summed E-state index contributed by atoms with van der Waals surface area (Å²) in [6.07, 6.45) is 0. The van der Waals surface area contributed by atoms with Crippen molar-refractivity contribution in [1.29, 1.82) is 0 Å². The lowest BCUT2D eigenvalue weighted by Crippen LogP contribution is -2.45. The van der Waals surface area contributed by atoms with Crippen molar-refractivity contribution in [3.05, 3.63) is 62.4 Å². The highest BCUT2D eigenvalue weighted by Gasteiger charge is 2.13. The van der Waals surface area contributed by atoms with Gasteiger partial charge < -0.3 is 9.88 Å². The molecular formula is C17H14Cl2N6O3S. The molecule has 0 aliphatic heterocycles. The summed E-state index contributed by atoms with van der Waals surface area (Å²) in [6.45, 7) is 1.75. The number of nitro groups is 1. The number of anilines is 1. The molecule has 9 nitrogen and oxygen atoms in total. The molecule has 3 aromatic rings. The Kier molecular flexibility index (Phi) is 6.16. The Morgan fingerprint density at radius 1 is 1.21 bits per heavy atom. The zero-order valence-corrected chi connectivity index (χ0v) is 17.2. The van der Waals surface area contributed by atoms with Crippen LogP contribution in [0, 0.1) is 17.0 Å². The van der Waals surface area contributed by atoms with Crippen LogP contribution in [-0.4, -0.2) is 25.5 Å². The number of carbonyl (C=O) groups is 1. The van der Waals surface area contributed by atoms with Crippen molar-refractivity contribution in [1.82, 2.24) is 20.4 Å². The number of thiocarbonyl (C=S) groups is 1. The third kappa shape index (κ3) is 4.91. The number of nitrogens with one attached hydrogen (secondary N) is 3. The van der Waals surface area contributed by atoms with Gasteiger partial charge in [-0.3, -0.25) is 25.8 Å². The molecule has 0 radical (unpaired) electrons. The van der Waals surface area contributed by atoms with E-state index in [0.29, 0.717) is 32.6 Å². The number of aromatic nitrogens is 2. The Hall–Kier alpha value is -2.95. The first kappa shape index (κ1) is 20.8. The van der Waals surface area contributed by atoms with Gasteiger partial charge in [-0.1, -0.05) is 23.2 Å². The van der Waals surface area contributed by atoms with Crippen LogP contribution >= 0.6 is 35.4 Å². The van der Waals surface area contributed by atoms with Gasteiger partial charge >= 0.3 is 0 Å². The largest absolute Gasteiger partial charge is 0.331 e. The fourth-order valence-electron chi connectivity index (χ4n) is 2.58. The van der Waals surface area contributed by atoms with Crippen LogP contribution in [0.15, 0.2) is 36.4 Å². The molecule has 0 saturated carbocycles. The third-order valence-corrected chi connectivity index (χ3v) is 4.86. The summed E-state index contributed by atoms with van der Waals surface area (Å²) in [5.41, 5.74) is 6.86. The molecule has 0 aliphatic rings. The van der Waals surface area contributed by atoms with Crippen molar-refractivity contribution < 1.29 is 9.72 Å². The molecule has 0 bridgehead atoms. The van der Waals surface area contributed by atoms with Crippen molar-refractivity contribution in [3.63, 3.8) is 0 Å². The summed E-state index contributed by atoms with van der Waals surface area (Å²) >= 11 is 17.2. The predicted molar refractivity (Wildman–Crippen MR) is 115 cm³/mol. The van der Waals surface area contributed by atoms with Gasteiger partial charge in [0.1, 0.15) is 12.4 Å². The van der Waals surface area contributed by atoms with Gasteiger partial charge in [-0.05, 0) is 43.4 Å². The molecule has 0 fully saturated rings. The molecule has 0 unspecified atom stereocenters. The number of nitrogens with zero attached hydrogens (tertiary/aromatic N) is 3. The average Bonchev–Trinajstić information content (AvgIpc) is 2.95. The summed E-state index contributed by atoms with van der Waals surface area (Å²) in [7, 11) is 0. The van der Waals surface area contributed by atoms with Crippen LogP contribution in [0.25, 0.3) is 11.0 Å². The van der Waals surface area contributed by atoms with Crippen LogP contribution in [0.1, 0.15) is 5.82 Å². The third-order valence-electron chi connectivity index (χ3n) is 3.93. The minimum absolute atomic E-state index is 0.0204. The number of halogens is 2. The molecule has 12 heteroatoms. The Bertz CT molecular complexity index is 1120. The molecule has 0 aliphatic carbocycles. The number of hydrazine groups is 1. The summed E-state index contributed by atoms with van der Waals surface area (Å²) < 4.78 is 1.70. The summed E-state index contributed by atoms with van der Waals surface area (Å²) in [5.74, 6) is 0.256. The quantitative estimate of drug-likeness (QED) is 0.314. The number of hydrogen-bond donors (Lipinski definition) is 3. The van der Waals surface area contributed by atoms with Crippen LogP contribution in [0.3, 0.4) is 0 Å². The Morgan fingerprint density at radius 3 is 2.52 bits per heavy atom. The van der Waals surface area contributed by atoms with Crippen LogP contribution < -0.4 is 16.2 Å². The fraction of sp³-hybridized carbons (Fsp3) is 0.118. The number of imidazole rings is 1. The highest BCUT2D eigenvalue weighted by atomic mass is 35.5. The van der Waals surface area contributed by atoms with Gasteiger partial charge in [0.15, 0.2) is 5.11 Å². The Balaban J connectivity index is 1.59. The monoisotopic (exact) mass is 452 g/mol. The number of fused-ring (bicyclic) bond motifs is 1. The minimum Gasteiger partial charge on any atom is -0.331 e. The van der Waals surface area contributed by atoms with E-state index in [1.54, 1.807) is 23.6 Å². The molecule has 0 atom stereocenters. The molecule has 150 valence electrons. The van der Waals surface area contributed by atoms with E-state index < -0.39 is 4.92 Å². The van der Waals surface area contributed by atoms with Gasteiger partial charge in [-0.15, -0.1) is 0 Å². The topological polar surface area (TPSA) is 114 Å². The van der Waals surface area contributed by atoms with E-state index in [4.69, 9.17) is 35.4 Å². The van der Waals surface area contributed by atoms with Gasteiger partial charge in [0, 0.05) is 17.8 Å². The molecule has 3 N–H and O–H groups in total. The maximum atomic E-state index is 12.3. The summed E-state index contributed by atoms with van der Waals surface area (Å²) in [4.78, 5) is 26.8. The molecular weight excluding hydrogens is 439 g/mol. The number of amides is 1. The first-order valence-electron chi connectivity index (χ1n) is 8.17. The lowest BCUT2D eigenvalue weighted by Gasteiger charge is -2.12. The van der Waals surface area contributed by atoms with Crippen LogP contribution in [0.2, 0.25) is 10.0 Å². The van der Waals surface area contributed by atoms with E-state index in [0.717, 1.165) is 0 Å². The molecule has 29 heavy (non-hydrogen) atoms. The smallest absolute Gasteiger partial charge is 0.269 e. The second kappa shape index (κ2) is 8.60. The molecule has 1 amide bonds. The van der Waals surface area contributed by atoms with E-state index in [2.05, 4.69) is 21.2 Å². The zero-order chi connectivity index (χ0) is 21.1. The maximum Gasteiger partial charge on any atom is 0.269 e. The number of carbonyl (C=O) groups excluding carboxylic acids is 1. The van der Waals surface area contributed by atoms with E-state index in [1.165, 1.54) is 24.3 Å². The van der Waals surface area contributed by atoms with Gasteiger partial charge in [-0.25, -0.2) is 4.98 Å². The summed E-state index contributed by atoms with van der Waals surface area (Å²) in [6, 6.07) is 8.98. The van der Waals surface area contributed by atoms with E-state index in [9.17, 15) is 14.9 Å². The molecule has 1 heterocycles. The molecule has 1 aromatic heterocycles. The second-order valence-corrected chi connectivity index (χ2v) is 7.15. The Morgan fingerprint density at radius 2 is 1.86 bits per heavy atom. The fourth-order valence-corrected chi connectivity index (χ4v) is 3.06.